The molecular weight excluding hydrogens is 295 g/mol. The van der Waals surface area contributed by atoms with E-state index in [4.69, 9.17) is 11.6 Å². The van der Waals surface area contributed by atoms with Crippen LogP contribution in [0.1, 0.15) is 35.2 Å². The molecule has 0 radical (unpaired) electrons. The molecule has 1 aromatic rings. The van der Waals surface area contributed by atoms with Gasteiger partial charge in [0.25, 0.3) is 5.91 Å². The Balaban J connectivity index is 0.00000200. The molecule has 1 atom stereocenters. The lowest BCUT2D eigenvalue weighted by Gasteiger charge is -2.22. The minimum atomic E-state index is -0.00191. The number of aryl methyl sites for hydroxylation is 1. The molecular formula is C15H22Cl2N2O. The van der Waals surface area contributed by atoms with Gasteiger partial charge in [0.05, 0.1) is 0 Å². The van der Waals surface area contributed by atoms with Gasteiger partial charge in [0, 0.05) is 17.1 Å². The molecule has 2 rings (SSSR count). The SMILES string of the molecule is Cc1cc(Cl)ccc1C(=O)NCCC1CCCNC1.Cl. The molecule has 1 aliphatic rings. The number of hydrogen-bond acceptors (Lipinski definition) is 2. The van der Waals surface area contributed by atoms with Crippen molar-refractivity contribution in [3.63, 3.8) is 0 Å². The highest BCUT2D eigenvalue weighted by Gasteiger charge is 2.14. The van der Waals surface area contributed by atoms with E-state index < -0.39 is 0 Å². The molecule has 20 heavy (non-hydrogen) atoms. The molecule has 2 N–H and O–H groups in total. The number of carbonyl (C=O) groups is 1. The molecule has 0 aromatic heterocycles. The van der Waals surface area contributed by atoms with Crippen LogP contribution in [-0.2, 0) is 0 Å². The first-order valence-electron chi connectivity index (χ1n) is 6.92. The van der Waals surface area contributed by atoms with Gasteiger partial charge in [-0.05, 0) is 69.0 Å². The summed E-state index contributed by atoms with van der Waals surface area (Å²) >= 11 is 5.89. The van der Waals surface area contributed by atoms with Crippen LogP contribution in [-0.4, -0.2) is 25.5 Å². The first-order valence-corrected chi connectivity index (χ1v) is 7.29. The first kappa shape index (κ1) is 17.3. The van der Waals surface area contributed by atoms with Crippen LogP contribution in [0, 0.1) is 12.8 Å². The summed E-state index contributed by atoms with van der Waals surface area (Å²) < 4.78 is 0. The summed E-state index contributed by atoms with van der Waals surface area (Å²) in [6, 6.07) is 5.37. The second kappa shape index (κ2) is 8.50. The molecule has 0 saturated carbocycles. The number of amides is 1. The molecule has 0 aliphatic carbocycles. The lowest BCUT2D eigenvalue weighted by Crippen LogP contribution is -2.33. The van der Waals surface area contributed by atoms with Gasteiger partial charge < -0.3 is 10.6 Å². The summed E-state index contributed by atoms with van der Waals surface area (Å²) in [4.78, 5) is 12.0. The number of hydrogen-bond donors (Lipinski definition) is 2. The van der Waals surface area contributed by atoms with Crippen LogP contribution >= 0.6 is 24.0 Å². The summed E-state index contributed by atoms with van der Waals surface area (Å²) in [5.41, 5.74) is 1.63. The molecule has 1 amide bonds. The number of rotatable bonds is 4. The zero-order chi connectivity index (χ0) is 13.7. The third-order valence-electron chi connectivity index (χ3n) is 3.67. The fourth-order valence-corrected chi connectivity index (χ4v) is 2.76. The fraction of sp³-hybridized carbons (Fsp3) is 0.533. The highest BCUT2D eigenvalue weighted by molar-refractivity contribution is 6.30. The lowest BCUT2D eigenvalue weighted by atomic mass is 9.96. The summed E-state index contributed by atoms with van der Waals surface area (Å²) in [5.74, 6) is 0.693. The third-order valence-corrected chi connectivity index (χ3v) is 3.91. The molecule has 1 aliphatic heterocycles. The van der Waals surface area contributed by atoms with Crippen molar-refractivity contribution in [2.75, 3.05) is 19.6 Å². The molecule has 0 bridgehead atoms. The van der Waals surface area contributed by atoms with E-state index in [2.05, 4.69) is 10.6 Å². The Labute approximate surface area is 131 Å². The molecule has 1 saturated heterocycles. The zero-order valence-electron chi connectivity index (χ0n) is 11.7. The van der Waals surface area contributed by atoms with Gasteiger partial charge in [-0.1, -0.05) is 11.6 Å². The van der Waals surface area contributed by atoms with E-state index in [1.165, 1.54) is 12.8 Å². The van der Waals surface area contributed by atoms with Gasteiger partial charge in [0.2, 0.25) is 0 Å². The molecule has 1 heterocycles. The lowest BCUT2D eigenvalue weighted by molar-refractivity contribution is 0.0950. The van der Waals surface area contributed by atoms with Crippen LogP contribution in [0.25, 0.3) is 0 Å². The Kier molecular flexibility index (Phi) is 7.35. The van der Waals surface area contributed by atoms with Crippen molar-refractivity contribution in [3.8, 4) is 0 Å². The van der Waals surface area contributed by atoms with Crippen molar-refractivity contribution in [2.45, 2.75) is 26.2 Å². The minimum absolute atomic E-state index is 0. The maximum atomic E-state index is 12.0. The number of piperidine rings is 1. The van der Waals surface area contributed by atoms with E-state index in [-0.39, 0.29) is 18.3 Å². The van der Waals surface area contributed by atoms with Crippen molar-refractivity contribution >= 4 is 29.9 Å². The van der Waals surface area contributed by atoms with E-state index in [0.29, 0.717) is 16.5 Å². The standard InChI is InChI=1S/C15H21ClN2O.ClH/c1-11-9-13(16)4-5-14(11)15(19)18-8-6-12-3-2-7-17-10-12;/h4-5,9,12,17H,2-3,6-8,10H2,1H3,(H,18,19);1H. The van der Waals surface area contributed by atoms with Crippen LogP contribution in [0.5, 0.6) is 0 Å². The van der Waals surface area contributed by atoms with Crippen LogP contribution in [0.4, 0.5) is 0 Å². The average Bonchev–Trinajstić information content (AvgIpc) is 2.39. The Bertz CT molecular complexity index is 445. The number of halogens is 2. The van der Waals surface area contributed by atoms with Crippen molar-refractivity contribution in [1.82, 2.24) is 10.6 Å². The van der Waals surface area contributed by atoms with Gasteiger partial charge in [-0.15, -0.1) is 12.4 Å². The van der Waals surface area contributed by atoms with Crippen LogP contribution in [0.3, 0.4) is 0 Å². The maximum absolute atomic E-state index is 12.0. The van der Waals surface area contributed by atoms with Crippen LogP contribution < -0.4 is 10.6 Å². The molecule has 112 valence electrons. The second-order valence-corrected chi connectivity index (χ2v) is 5.65. The van der Waals surface area contributed by atoms with E-state index in [9.17, 15) is 4.79 Å². The van der Waals surface area contributed by atoms with Gasteiger partial charge in [-0.3, -0.25) is 4.79 Å². The Morgan fingerprint density at radius 3 is 2.95 bits per heavy atom. The predicted octanol–water partition coefficient (Wildman–Crippen LogP) is 3.19. The van der Waals surface area contributed by atoms with Crippen molar-refractivity contribution in [2.24, 2.45) is 5.92 Å². The topological polar surface area (TPSA) is 41.1 Å². The van der Waals surface area contributed by atoms with E-state index >= 15 is 0 Å². The highest BCUT2D eigenvalue weighted by Crippen LogP contribution is 2.16. The summed E-state index contributed by atoms with van der Waals surface area (Å²) in [6.45, 7) is 4.86. The molecule has 1 unspecified atom stereocenters. The second-order valence-electron chi connectivity index (χ2n) is 5.22. The van der Waals surface area contributed by atoms with Gasteiger partial charge in [-0.2, -0.15) is 0 Å². The quantitative estimate of drug-likeness (QED) is 0.895. The normalized spacial score (nSPS) is 18.2. The van der Waals surface area contributed by atoms with Crippen molar-refractivity contribution in [1.29, 1.82) is 0 Å². The smallest absolute Gasteiger partial charge is 0.251 e. The maximum Gasteiger partial charge on any atom is 0.251 e. The molecule has 5 heteroatoms. The molecule has 0 spiro atoms. The van der Waals surface area contributed by atoms with Crippen LogP contribution in [0.15, 0.2) is 18.2 Å². The average molecular weight is 317 g/mol. The third kappa shape index (κ3) is 4.97. The Hall–Kier alpha value is -0.770. The Morgan fingerprint density at radius 2 is 2.30 bits per heavy atom. The molecule has 1 fully saturated rings. The molecule has 1 aromatic carbocycles. The van der Waals surface area contributed by atoms with E-state index in [1.807, 2.05) is 13.0 Å². The Morgan fingerprint density at radius 1 is 1.50 bits per heavy atom. The van der Waals surface area contributed by atoms with Gasteiger partial charge in [0.1, 0.15) is 0 Å². The van der Waals surface area contributed by atoms with E-state index in [0.717, 1.165) is 31.6 Å². The van der Waals surface area contributed by atoms with Crippen LogP contribution in [0.2, 0.25) is 5.02 Å². The monoisotopic (exact) mass is 316 g/mol. The minimum Gasteiger partial charge on any atom is -0.352 e. The van der Waals surface area contributed by atoms with Gasteiger partial charge in [0.15, 0.2) is 0 Å². The number of nitrogens with one attached hydrogen (secondary N) is 2. The zero-order valence-corrected chi connectivity index (χ0v) is 13.3. The van der Waals surface area contributed by atoms with Crippen molar-refractivity contribution in [3.05, 3.63) is 34.3 Å². The molecule has 3 nitrogen and oxygen atoms in total. The number of carbonyl (C=O) groups excluding carboxylic acids is 1. The summed E-state index contributed by atoms with van der Waals surface area (Å²) in [5, 5.41) is 7.06. The fourth-order valence-electron chi connectivity index (χ4n) is 2.54. The number of benzene rings is 1. The van der Waals surface area contributed by atoms with Gasteiger partial charge in [-0.25, -0.2) is 0 Å². The summed E-state index contributed by atoms with van der Waals surface area (Å²) in [6.07, 6.45) is 3.56. The van der Waals surface area contributed by atoms with E-state index in [1.54, 1.807) is 12.1 Å². The highest BCUT2D eigenvalue weighted by atomic mass is 35.5. The van der Waals surface area contributed by atoms with Crippen molar-refractivity contribution < 1.29 is 4.79 Å². The van der Waals surface area contributed by atoms with Gasteiger partial charge >= 0.3 is 0 Å². The first-order chi connectivity index (χ1) is 9.16. The summed E-state index contributed by atoms with van der Waals surface area (Å²) in [7, 11) is 0. The predicted molar refractivity (Wildman–Crippen MR) is 86.0 cm³/mol. The largest absolute Gasteiger partial charge is 0.352 e.